The second kappa shape index (κ2) is 7.83. The summed E-state index contributed by atoms with van der Waals surface area (Å²) >= 11 is 0. The van der Waals surface area contributed by atoms with Gasteiger partial charge in [-0.25, -0.2) is 0 Å². The number of aryl methyl sites for hydroxylation is 2. The molecule has 0 amide bonds. The van der Waals surface area contributed by atoms with Crippen molar-refractivity contribution in [3.05, 3.63) is 88.0 Å². The number of para-hydroxylation sites is 1. The molecular weight excluding hydrogens is 324 g/mol. The Morgan fingerprint density at radius 3 is 2.08 bits per heavy atom. The maximum Gasteiger partial charge on any atom is 0.293 e. The van der Waals surface area contributed by atoms with Gasteiger partial charge in [-0.1, -0.05) is 68.4 Å². The van der Waals surface area contributed by atoms with Crippen molar-refractivity contribution in [2.45, 2.75) is 26.7 Å². The molecule has 0 unspecified atom stereocenters. The highest BCUT2D eigenvalue weighted by atomic mass is 16.6. The minimum atomic E-state index is -0.324. The van der Waals surface area contributed by atoms with Crippen LogP contribution in [0.25, 0.3) is 11.1 Å². The van der Waals surface area contributed by atoms with Gasteiger partial charge in [-0.05, 0) is 41.2 Å². The molecule has 26 heavy (non-hydrogen) atoms. The van der Waals surface area contributed by atoms with E-state index in [1.54, 1.807) is 12.1 Å². The molecule has 0 aromatic heterocycles. The van der Waals surface area contributed by atoms with E-state index in [2.05, 4.69) is 31.3 Å². The first kappa shape index (κ1) is 17.7. The summed E-state index contributed by atoms with van der Waals surface area (Å²) in [6, 6.07) is 21.2. The molecule has 4 nitrogen and oxygen atoms in total. The molecular formula is C22H22N2O2. The summed E-state index contributed by atoms with van der Waals surface area (Å²) in [5, 5.41) is 15.0. The van der Waals surface area contributed by atoms with Crippen LogP contribution in [0.2, 0.25) is 0 Å². The quantitative estimate of drug-likeness (QED) is 0.431. The van der Waals surface area contributed by atoms with Crippen LogP contribution in [0.1, 0.15) is 25.0 Å². The lowest BCUT2D eigenvalue weighted by Gasteiger charge is -2.16. The van der Waals surface area contributed by atoms with Crippen molar-refractivity contribution in [3.63, 3.8) is 0 Å². The third-order valence-corrected chi connectivity index (χ3v) is 4.56. The Morgan fingerprint density at radius 2 is 1.50 bits per heavy atom. The van der Waals surface area contributed by atoms with Crippen molar-refractivity contribution >= 4 is 17.1 Å². The molecule has 132 valence electrons. The van der Waals surface area contributed by atoms with Crippen molar-refractivity contribution in [1.82, 2.24) is 0 Å². The second-order valence-electron chi connectivity index (χ2n) is 6.14. The van der Waals surface area contributed by atoms with Gasteiger partial charge in [-0.3, -0.25) is 10.1 Å². The Kier molecular flexibility index (Phi) is 5.32. The predicted molar refractivity (Wildman–Crippen MR) is 107 cm³/mol. The Bertz CT molecular complexity index is 898. The van der Waals surface area contributed by atoms with Gasteiger partial charge in [0, 0.05) is 11.8 Å². The molecule has 0 heterocycles. The van der Waals surface area contributed by atoms with Crippen LogP contribution in [-0.4, -0.2) is 4.92 Å². The molecule has 0 aliphatic carbocycles. The van der Waals surface area contributed by atoms with E-state index in [0.29, 0.717) is 5.69 Å². The summed E-state index contributed by atoms with van der Waals surface area (Å²) in [6.07, 6.45) is 1.73. The minimum Gasteiger partial charge on any atom is -0.349 e. The molecule has 0 aliphatic heterocycles. The smallest absolute Gasteiger partial charge is 0.293 e. The van der Waals surface area contributed by atoms with E-state index < -0.39 is 0 Å². The van der Waals surface area contributed by atoms with E-state index in [0.717, 1.165) is 40.8 Å². The fourth-order valence-electron chi connectivity index (χ4n) is 3.14. The molecule has 4 heteroatoms. The van der Waals surface area contributed by atoms with Crippen LogP contribution in [0.4, 0.5) is 17.1 Å². The number of nitrogens with one attached hydrogen (secondary N) is 1. The first-order chi connectivity index (χ1) is 12.6. The summed E-state index contributed by atoms with van der Waals surface area (Å²) in [4.78, 5) is 11.3. The van der Waals surface area contributed by atoms with Crippen molar-refractivity contribution in [3.8, 4) is 11.1 Å². The van der Waals surface area contributed by atoms with Gasteiger partial charge < -0.3 is 5.32 Å². The number of hydrogen-bond acceptors (Lipinski definition) is 3. The zero-order chi connectivity index (χ0) is 18.5. The molecule has 3 rings (SSSR count). The highest BCUT2D eigenvalue weighted by molar-refractivity contribution is 5.78. The van der Waals surface area contributed by atoms with Gasteiger partial charge in [0.15, 0.2) is 0 Å². The van der Waals surface area contributed by atoms with Gasteiger partial charge in [-0.15, -0.1) is 0 Å². The van der Waals surface area contributed by atoms with E-state index in [-0.39, 0.29) is 10.6 Å². The van der Waals surface area contributed by atoms with Crippen molar-refractivity contribution in [1.29, 1.82) is 0 Å². The van der Waals surface area contributed by atoms with Crippen molar-refractivity contribution in [2.75, 3.05) is 5.32 Å². The third-order valence-electron chi connectivity index (χ3n) is 4.56. The first-order valence-electron chi connectivity index (χ1n) is 8.85. The Hall–Kier alpha value is -3.14. The summed E-state index contributed by atoms with van der Waals surface area (Å²) in [6.45, 7) is 4.18. The Balaban J connectivity index is 2.05. The molecule has 0 aliphatic rings. The summed E-state index contributed by atoms with van der Waals surface area (Å²) < 4.78 is 0. The van der Waals surface area contributed by atoms with Gasteiger partial charge in [0.1, 0.15) is 5.69 Å². The van der Waals surface area contributed by atoms with Gasteiger partial charge in [-0.2, -0.15) is 0 Å². The van der Waals surface area contributed by atoms with Crippen LogP contribution in [0, 0.1) is 10.1 Å². The van der Waals surface area contributed by atoms with Crippen LogP contribution < -0.4 is 5.32 Å². The fourth-order valence-corrected chi connectivity index (χ4v) is 3.14. The molecule has 0 saturated heterocycles. The molecule has 0 spiro atoms. The average molecular weight is 346 g/mol. The number of rotatable bonds is 6. The van der Waals surface area contributed by atoms with Crippen LogP contribution in [-0.2, 0) is 12.8 Å². The fraction of sp³-hybridized carbons (Fsp3) is 0.182. The second-order valence-corrected chi connectivity index (χ2v) is 6.14. The average Bonchev–Trinajstić information content (AvgIpc) is 2.68. The highest BCUT2D eigenvalue weighted by Crippen LogP contribution is 2.34. The number of nitro groups is 1. The highest BCUT2D eigenvalue weighted by Gasteiger charge is 2.17. The topological polar surface area (TPSA) is 55.2 Å². The molecule has 0 atom stereocenters. The predicted octanol–water partition coefficient (Wildman–Crippen LogP) is 6.13. The van der Waals surface area contributed by atoms with E-state index in [1.165, 1.54) is 0 Å². The van der Waals surface area contributed by atoms with Crippen molar-refractivity contribution in [2.24, 2.45) is 0 Å². The summed E-state index contributed by atoms with van der Waals surface area (Å²) in [5.41, 5.74) is 5.70. The van der Waals surface area contributed by atoms with Gasteiger partial charge in [0.05, 0.1) is 4.92 Å². The molecule has 0 bridgehead atoms. The zero-order valence-corrected chi connectivity index (χ0v) is 15.0. The number of nitro benzene ring substituents is 1. The van der Waals surface area contributed by atoms with E-state index in [4.69, 9.17) is 0 Å². The molecule has 3 aromatic carbocycles. The third kappa shape index (κ3) is 3.59. The first-order valence-corrected chi connectivity index (χ1v) is 8.85. The Morgan fingerprint density at radius 1 is 0.846 bits per heavy atom. The lowest BCUT2D eigenvalue weighted by atomic mass is 10.0. The number of hydrogen-bond donors (Lipinski definition) is 1. The van der Waals surface area contributed by atoms with Crippen LogP contribution >= 0.6 is 0 Å². The summed E-state index contributed by atoms with van der Waals surface area (Å²) in [7, 11) is 0. The molecule has 1 N–H and O–H groups in total. The normalized spacial score (nSPS) is 10.5. The van der Waals surface area contributed by atoms with Crippen LogP contribution in [0.5, 0.6) is 0 Å². The molecule has 3 aromatic rings. The Labute approximate surface area is 153 Å². The lowest BCUT2D eigenvalue weighted by Crippen LogP contribution is -2.02. The molecule has 0 radical (unpaired) electrons. The van der Waals surface area contributed by atoms with Crippen LogP contribution in [0.15, 0.2) is 66.7 Å². The van der Waals surface area contributed by atoms with Gasteiger partial charge in [0.25, 0.3) is 5.69 Å². The van der Waals surface area contributed by atoms with Crippen molar-refractivity contribution < 1.29 is 4.92 Å². The number of benzene rings is 3. The summed E-state index contributed by atoms with van der Waals surface area (Å²) in [5.74, 6) is 0. The maximum absolute atomic E-state index is 11.7. The lowest BCUT2D eigenvalue weighted by molar-refractivity contribution is -0.383. The molecule has 0 fully saturated rings. The standard InChI is InChI=1S/C22H22N2O2/c1-3-16-11-8-12-17(4-2)22(16)23-20-14-13-19(15-21(20)24(25)26)18-9-6-5-7-10-18/h5-15,23H,3-4H2,1-2H3. The van der Waals surface area contributed by atoms with Gasteiger partial charge in [0.2, 0.25) is 0 Å². The largest absolute Gasteiger partial charge is 0.349 e. The van der Waals surface area contributed by atoms with E-state index >= 15 is 0 Å². The number of anilines is 2. The number of nitrogens with zero attached hydrogens (tertiary/aromatic N) is 1. The monoisotopic (exact) mass is 346 g/mol. The zero-order valence-electron chi connectivity index (χ0n) is 15.0. The SMILES string of the molecule is CCc1cccc(CC)c1Nc1ccc(-c2ccccc2)cc1[N+](=O)[O-]. The van der Waals surface area contributed by atoms with Crippen LogP contribution in [0.3, 0.4) is 0 Å². The van der Waals surface area contributed by atoms with E-state index in [9.17, 15) is 10.1 Å². The minimum absolute atomic E-state index is 0.0827. The van der Waals surface area contributed by atoms with Gasteiger partial charge >= 0.3 is 0 Å². The van der Waals surface area contributed by atoms with E-state index in [1.807, 2.05) is 42.5 Å². The molecule has 0 saturated carbocycles. The maximum atomic E-state index is 11.7.